The number of hydrogen-bond donors (Lipinski definition) is 3. The second-order valence-electron chi connectivity index (χ2n) is 2.36. The number of rotatable bonds is 2. The lowest BCUT2D eigenvalue weighted by Crippen LogP contribution is -2.30. The summed E-state index contributed by atoms with van der Waals surface area (Å²) < 4.78 is 12.9. The van der Waals surface area contributed by atoms with E-state index < -0.39 is 12.9 Å². The minimum atomic E-state index is -1.62. The number of hydrogen-bond acceptors (Lipinski definition) is 3. The summed E-state index contributed by atoms with van der Waals surface area (Å²) in [7, 11) is -0.0293. The van der Waals surface area contributed by atoms with Gasteiger partial charge in [0, 0.05) is 7.05 Å². The fraction of sp³-hybridized carbons (Fsp3) is 0.143. The second-order valence-corrected chi connectivity index (χ2v) is 2.36. The fourth-order valence-corrected chi connectivity index (χ4v) is 0.895. The predicted molar refractivity (Wildman–Crippen MR) is 53.0 cm³/mol. The highest BCUT2D eigenvalue weighted by molar-refractivity contribution is 6.58. The highest BCUT2D eigenvalue weighted by Crippen LogP contribution is 2.09. The molecule has 0 fully saturated rings. The van der Waals surface area contributed by atoms with E-state index in [0.717, 1.165) is 6.07 Å². The molecule has 0 amide bonds. The Hall–Kier alpha value is -0.775. The van der Waals surface area contributed by atoms with Gasteiger partial charge in [0.15, 0.2) is 0 Å². The Kier molecular flexibility index (Phi) is 4.76. The van der Waals surface area contributed by atoms with Gasteiger partial charge in [0.05, 0.1) is 5.69 Å². The summed E-state index contributed by atoms with van der Waals surface area (Å²) in [4.78, 5) is 0. The van der Waals surface area contributed by atoms with Crippen molar-refractivity contribution in [1.82, 2.24) is 0 Å². The molecule has 1 rings (SSSR count). The van der Waals surface area contributed by atoms with Gasteiger partial charge in [-0.05, 0) is 17.6 Å². The topological polar surface area (TPSA) is 52.5 Å². The summed E-state index contributed by atoms with van der Waals surface area (Å²) >= 11 is 0. The van der Waals surface area contributed by atoms with Gasteiger partial charge in [0.25, 0.3) is 0 Å². The van der Waals surface area contributed by atoms with Gasteiger partial charge in [-0.3, -0.25) is 0 Å². The first kappa shape index (κ1) is 12.2. The summed E-state index contributed by atoms with van der Waals surface area (Å²) in [5.41, 5.74) is 0.478. The third-order valence-corrected chi connectivity index (χ3v) is 1.56. The maximum absolute atomic E-state index is 12.9. The van der Waals surface area contributed by atoms with Crippen LogP contribution in [0.4, 0.5) is 10.1 Å². The third kappa shape index (κ3) is 2.88. The maximum atomic E-state index is 12.9. The first-order chi connectivity index (χ1) is 5.65. The van der Waals surface area contributed by atoms with Crippen molar-refractivity contribution in [3.8, 4) is 0 Å². The number of anilines is 1. The minimum absolute atomic E-state index is 0. The molecule has 0 spiro atoms. The van der Waals surface area contributed by atoms with Crippen molar-refractivity contribution in [3.05, 3.63) is 24.0 Å². The van der Waals surface area contributed by atoms with Gasteiger partial charge < -0.3 is 15.4 Å². The lowest BCUT2D eigenvalue weighted by Gasteiger charge is -2.03. The minimum Gasteiger partial charge on any atom is -0.423 e. The van der Waals surface area contributed by atoms with Gasteiger partial charge in [-0.25, -0.2) is 4.39 Å². The van der Waals surface area contributed by atoms with Crippen LogP contribution in [0.3, 0.4) is 0 Å². The number of benzene rings is 1. The zero-order chi connectivity index (χ0) is 9.14. The van der Waals surface area contributed by atoms with Crippen molar-refractivity contribution in [2.75, 3.05) is 12.4 Å². The lowest BCUT2D eigenvalue weighted by atomic mass is 9.80. The molecule has 1 aromatic rings. The summed E-state index contributed by atoms with van der Waals surface area (Å²) in [6.07, 6.45) is 0. The van der Waals surface area contributed by atoms with E-state index in [1.54, 1.807) is 7.05 Å². The normalized spacial score (nSPS) is 8.92. The van der Waals surface area contributed by atoms with Gasteiger partial charge in [0.2, 0.25) is 0 Å². The Balaban J connectivity index is 0.00000144. The molecule has 0 aliphatic heterocycles. The van der Waals surface area contributed by atoms with Crippen molar-refractivity contribution >= 4 is 30.7 Å². The first-order valence-corrected chi connectivity index (χ1v) is 3.48. The molecule has 1 aromatic carbocycles. The number of halogens is 2. The fourth-order valence-electron chi connectivity index (χ4n) is 0.895. The van der Waals surface area contributed by atoms with Crippen LogP contribution in [-0.4, -0.2) is 24.2 Å². The second kappa shape index (κ2) is 5.06. The van der Waals surface area contributed by atoms with Crippen LogP contribution in [-0.2, 0) is 0 Å². The molecule has 72 valence electrons. The van der Waals surface area contributed by atoms with Crippen LogP contribution in [0.1, 0.15) is 0 Å². The molecule has 0 aliphatic rings. The molecule has 3 N–H and O–H groups in total. The summed E-state index contributed by atoms with van der Waals surface area (Å²) in [5, 5.41) is 20.0. The predicted octanol–water partition coefficient (Wildman–Crippen LogP) is -0.0310. The Bertz CT molecular complexity index is 285. The van der Waals surface area contributed by atoms with E-state index >= 15 is 0 Å². The van der Waals surface area contributed by atoms with Crippen LogP contribution >= 0.6 is 12.4 Å². The quantitative estimate of drug-likeness (QED) is 0.594. The summed E-state index contributed by atoms with van der Waals surface area (Å²) in [5.74, 6) is -0.497. The largest absolute Gasteiger partial charge is 0.488 e. The lowest BCUT2D eigenvalue weighted by molar-refractivity contribution is 0.425. The Labute approximate surface area is 82.1 Å². The van der Waals surface area contributed by atoms with Crippen molar-refractivity contribution in [3.63, 3.8) is 0 Å². The molecule has 0 heterocycles. The van der Waals surface area contributed by atoms with Crippen LogP contribution in [0.5, 0.6) is 0 Å². The van der Waals surface area contributed by atoms with E-state index in [-0.39, 0.29) is 17.9 Å². The molecular weight excluding hydrogens is 195 g/mol. The maximum Gasteiger partial charge on any atom is 0.488 e. The van der Waals surface area contributed by atoms with E-state index in [2.05, 4.69) is 5.32 Å². The van der Waals surface area contributed by atoms with Crippen LogP contribution in [0.25, 0.3) is 0 Å². The molecule has 0 aromatic heterocycles. The standard InChI is InChI=1S/C7H9BFNO2.ClH/c1-10-7-3-2-5(8(11)12)4-6(7)9;/h2-4,10-12H,1H3;1H. The molecule has 3 nitrogen and oxygen atoms in total. The molecule has 0 radical (unpaired) electrons. The number of nitrogens with one attached hydrogen (secondary N) is 1. The van der Waals surface area contributed by atoms with E-state index in [1.807, 2.05) is 0 Å². The highest BCUT2D eigenvalue weighted by atomic mass is 35.5. The first-order valence-electron chi connectivity index (χ1n) is 3.48. The molecule has 0 atom stereocenters. The molecule has 0 bridgehead atoms. The van der Waals surface area contributed by atoms with Gasteiger partial charge in [0.1, 0.15) is 5.82 Å². The Morgan fingerprint density at radius 2 is 2.00 bits per heavy atom. The van der Waals surface area contributed by atoms with Crippen LogP contribution in [0.2, 0.25) is 0 Å². The molecule has 0 saturated heterocycles. The SMILES string of the molecule is CNc1ccc(B(O)O)cc1F.Cl. The van der Waals surface area contributed by atoms with E-state index in [4.69, 9.17) is 10.0 Å². The smallest absolute Gasteiger partial charge is 0.423 e. The van der Waals surface area contributed by atoms with Gasteiger partial charge in [-0.2, -0.15) is 0 Å². The monoisotopic (exact) mass is 205 g/mol. The third-order valence-electron chi connectivity index (χ3n) is 1.56. The van der Waals surface area contributed by atoms with E-state index in [1.165, 1.54) is 12.1 Å². The van der Waals surface area contributed by atoms with Crippen LogP contribution in [0, 0.1) is 5.82 Å². The average molecular weight is 205 g/mol. The molecule has 0 unspecified atom stereocenters. The van der Waals surface area contributed by atoms with Gasteiger partial charge in [-0.1, -0.05) is 6.07 Å². The Morgan fingerprint density at radius 3 is 2.38 bits per heavy atom. The zero-order valence-corrected chi connectivity index (χ0v) is 7.81. The molecule has 6 heteroatoms. The summed E-state index contributed by atoms with van der Waals surface area (Å²) in [6, 6.07) is 3.97. The molecule has 0 aliphatic carbocycles. The van der Waals surface area contributed by atoms with Gasteiger partial charge >= 0.3 is 7.12 Å². The van der Waals surface area contributed by atoms with E-state index in [9.17, 15) is 4.39 Å². The van der Waals surface area contributed by atoms with Crippen molar-refractivity contribution < 1.29 is 14.4 Å². The van der Waals surface area contributed by atoms with Crippen molar-refractivity contribution in [2.45, 2.75) is 0 Å². The molecule has 13 heavy (non-hydrogen) atoms. The highest BCUT2D eigenvalue weighted by Gasteiger charge is 2.12. The van der Waals surface area contributed by atoms with E-state index in [0.29, 0.717) is 5.69 Å². The zero-order valence-electron chi connectivity index (χ0n) is 6.99. The van der Waals surface area contributed by atoms with Gasteiger partial charge in [-0.15, -0.1) is 12.4 Å². The van der Waals surface area contributed by atoms with Crippen molar-refractivity contribution in [2.24, 2.45) is 0 Å². The average Bonchev–Trinajstić information content (AvgIpc) is 2.04. The van der Waals surface area contributed by atoms with Crippen molar-refractivity contribution in [1.29, 1.82) is 0 Å². The molecule has 0 saturated carbocycles. The Morgan fingerprint density at radius 1 is 1.38 bits per heavy atom. The van der Waals surface area contributed by atoms with Crippen LogP contribution in [0.15, 0.2) is 18.2 Å². The summed E-state index contributed by atoms with van der Waals surface area (Å²) in [6.45, 7) is 0. The van der Waals surface area contributed by atoms with Crippen LogP contribution < -0.4 is 10.8 Å². The molecular formula is C7H10BClFNO2.